The highest BCUT2D eigenvalue weighted by Gasteiger charge is 2.32. The number of methoxy groups -OCH3 is 1. The van der Waals surface area contributed by atoms with Crippen molar-refractivity contribution in [3.63, 3.8) is 0 Å². The predicted octanol–water partition coefficient (Wildman–Crippen LogP) is 2.80. The number of hydrogen-bond acceptors (Lipinski definition) is 3. The summed E-state index contributed by atoms with van der Waals surface area (Å²) in [5, 5.41) is 1.25. The van der Waals surface area contributed by atoms with Crippen LogP contribution in [0.1, 0.15) is 23.8 Å². The normalized spacial score (nSPS) is 28.5. The van der Waals surface area contributed by atoms with Crippen molar-refractivity contribution in [2.75, 3.05) is 7.11 Å². The van der Waals surface area contributed by atoms with Gasteiger partial charge in [-0.05, 0) is 28.8 Å². The van der Waals surface area contributed by atoms with Gasteiger partial charge >= 0.3 is 0 Å². The van der Waals surface area contributed by atoms with Crippen molar-refractivity contribution >= 4 is 27.3 Å². The van der Waals surface area contributed by atoms with E-state index in [0.717, 1.165) is 16.6 Å². The van der Waals surface area contributed by atoms with Gasteiger partial charge in [0.2, 0.25) is 0 Å². The van der Waals surface area contributed by atoms with Crippen LogP contribution >= 0.6 is 27.3 Å². The first-order chi connectivity index (χ1) is 5.79. The van der Waals surface area contributed by atoms with Crippen LogP contribution in [0.25, 0.3) is 0 Å². The van der Waals surface area contributed by atoms with Crippen LogP contribution in [-0.2, 0) is 4.74 Å². The van der Waals surface area contributed by atoms with E-state index in [4.69, 9.17) is 4.74 Å². The molecule has 2 rings (SSSR count). The first kappa shape index (κ1) is 8.66. The highest BCUT2D eigenvalue weighted by atomic mass is 79.9. The van der Waals surface area contributed by atoms with Gasteiger partial charge in [-0.3, -0.25) is 0 Å². The highest BCUT2D eigenvalue weighted by molar-refractivity contribution is 9.11. The largest absolute Gasteiger partial charge is 0.381 e. The van der Waals surface area contributed by atoms with Gasteiger partial charge in [-0.1, -0.05) is 0 Å². The Labute approximate surface area is 84.1 Å². The Kier molecular flexibility index (Phi) is 2.48. The van der Waals surface area contributed by atoms with Gasteiger partial charge in [0.25, 0.3) is 0 Å². The molecular weight excluding hydrogens is 238 g/mol. The number of rotatable bonds is 2. The van der Waals surface area contributed by atoms with Crippen LogP contribution in [0.5, 0.6) is 0 Å². The fraction of sp³-hybridized carbons (Fsp3) is 0.625. The second-order valence-corrected chi connectivity index (χ2v) is 5.47. The molecule has 0 unspecified atom stereocenters. The lowest BCUT2D eigenvalue weighted by molar-refractivity contribution is 0.0257. The molecule has 0 atom stereocenters. The van der Waals surface area contributed by atoms with Gasteiger partial charge in [0.15, 0.2) is 0 Å². The van der Waals surface area contributed by atoms with E-state index in [0.29, 0.717) is 12.0 Å². The fourth-order valence-corrected chi connectivity index (χ4v) is 2.79. The third-order valence-electron chi connectivity index (χ3n) is 2.27. The maximum Gasteiger partial charge on any atom is 0.0969 e. The van der Waals surface area contributed by atoms with Gasteiger partial charge in [0.05, 0.1) is 21.1 Å². The summed E-state index contributed by atoms with van der Waals surface area (Å²) < 4.78 is 6.33. The first-order valence-electron chi connectivity index (χ1n) is 3.93. The Hall–Kier alpha value is 0.0700. The molecule has 0 aliphatic heterocycles. The standard InChI is InChI=1S/C8H10BrNOS/c1-11-6-2-5(3-6)8-10-4-7(9)12-8/h4-6H,2-3H2,1H3. The number of aromatic nitrogens is 1. The van der Waals surface area contributed by atoms with Crippen molar-refractivity contribution < 1.29 is 4.74 Å². The maximum absolute atomic E-state index is 5.21. The van der Waals surface area contributed by atoms with Crippen LogP contribution in [0, 0.1) is 0 Å². The van der Waals surface area contributed by atoms with Crippen LogP contribution in [0.2, 0.25) is 0 Å². The van der Waals surface area contributed by atoms with Crippen molar-refractivity contribution in [1.82, 2.24) is 4.98 Å². The van der Waals surface area contributed by atoms with Gasteiger partial charge < -0.3 is 4.74 Å². The summed E-state index contributed by atoms with van der Waals surface area (Å²) in [6.45, 7) is 0. The highest BCUT2D eigenvalue weighted by Crippen LogP contribution is 2.40. The zero-order valence-corrected chi connectivity index (χ0v) is 9.19. The lowest BCUT2D eigenvalue weighted by atomic mass is 9.83. The number of thiazole rings is 1. The van der Waals surface area contributed by atoms with Crippen molar-refractivity contribution in [3.05, 3.63) is 15.0 Å². The second kappa shape index (κ2) is 3.44. The number of halogens is 1. The Morgan fingerprint density at radius 1 is 1.67 bits per heavy atom. The van der Waals surface area contributed by atoms with Crippen LogP contribution in [0.3, 0.4) is 0 Å². The second-order valence-electron chi connectivity index (χ2n) is 3.03. The van der Waals surface area contributed by atoms with Gasteiger partial charge in [-0.25, -0.2) is 4.98 Å². The molecule has 1 heterocycles. The van der Waals surface area contributed by atoms with E-state index in [1.165, 1.54) is 5.01 Å². The minimum Gasteiger partial charge on any atom is -0.381 e. The molecule has 0 amide bonds. The molecule has 0 N–H and O–H groups in total. The minimum atomic E-state index is 0.470. The van der Waals surface area contributed by atoms with Gasteiger partial charge in [0, 0.05) is 13.0 Å². The van der Waals surface area contributed by atoms with E-state index in [1.807, 2.05) is 6.20 Å². The van der Waals surface area contributed by atoms with Gasteiger partial charge in [-0.15, -0.1) is 11.3 Å². The predicted molar refractivity (Wildman–Crippen MR) is 52.6 cm³/mol. The SMILES string of the molecule is COC1CC(c2ncc(Br)s2)C1. The summed E-state index contributed by atoms with van der Waals surface area (Å²) in [5.41, 5.74) is 0. The molecule has 1 aliphatic carbocycles. The molecule has 4 heteroatoms. The van der Waals surface area contributed by atoms with Crippen molar-refractivity contribution in [2.45, 2.75) is 24.9 Å². The smallest absolute Gasteiger partial charge is 0.0969 e. The molecule has 0 aromatic carbocycles. The first-order valence-corrected chi connectivity index (χ1v) is 5.54. The maximum atomic E-state index is 5.21. The van der Waals surface area contributed by atoms with Crippen molar-refractivity contribution in [3.8, 4) is 0 Å². The Morgan fingerprint density at radius 2 is 2.42 bits per heavy atom. The molecule has 0 spiro atoms. The third kappa shape index (κ3) is 1.56. The zero-order valence-electron chi connectivity index (χ0n) is 6.79. The Balaban J connectivity index is 1.96. The molecule has 2 nitrogen and oxygen atoms in total. The van der Waals surface area contributed by atoms with E-state index in [1.54, 1.807) is 18.4 Å². The number of hydrogen-bond donors (Lipinski definition) is 0. The average molecular weight is 248 g/mol. The lowest BCUT2D eigenvalue weighted by Crippen LogP contribution is -2.28. The monoisotopic (exact) mass is 247 g/mol. The topological polar surface area (TPSA) is 22.1 Å². The molecule has 1 fully saturated rings. The van der Waals surface area contributed by atoms with Gasteiger partial charge in [0.1, 0.15) is 0 Å². The minimum absolute atomic E-state index is 0.470. The summed E-state index contributed by atoms with van der Waals surface area (Å²) in [4.78, 5) is 4.32. The van der Waals surface area contributed by atoms with Gasteiger partial charge in [-0.2, -0.15) is 0 Å². The van der Waals surface area contributed by atoms with Crippen LogP contribution in [-0.4, -0.2) is 18.2 Å². The molecular formula is C8H10BrNOS. The Bertz CT molecular complexity index is 270. The molecule has 0 bridgehead atoms. The molecule has 0 radical (unpaired) electrons. The fourth-order valence-electron chi connectivity index (χ4n) is 1.42. The summed E-state index contributed by atoms with van der Waals surface area (Å²) in [6.07, 6.45) is 4.62. The summed E-state index contributed by atoms with van der Waals surface area (Å²) in [5.74, 6) is 0.645. The van der Waals surface area contributed by atoms with Crippen molar-refractivity contribution in [1.29, 1.82) is 0 Å². The third-order valence-corrected chi connectivity index (χ3v) is 3.91. The molecule has 1 aromatic heterocycles. The van der Waals surface area contributed by atoms with Crippen molar-refractivity contribution in [2.24, 2.45) is 0 Å². The van der Waals surface area contributed by atoms with E-state index in [-0.39, 0.29) is 0 Å². The van der Waals surface area contributed by atoms with Crippen LogP contribution in [0.4, 0.5) is 0 Å². The van der Waals surface area contributed by atoms with E-state index >= 15 is 0 Å². The number of ether oxygens (including phenoxy) is 1. The quantitative estimate of drug-likeness (QED) is 0.802. The zero-order chi connectivity index (χ0) is 8.55. The molecule has 1 saturated carbocycles. The average Bonchev–Trinajstić information content (AvgIpc) is 2.34. The number of nitrogens with zero attached hydrogens (tertiary/aromatic N) is 1. The lowest BCUT2D eigenvalue weighted by Gasteiger charge is -2.32. The summed E-state index contributed by atoms with van der Waals surface area (Å²) in [6, 6.07) is 0. The molecule has 1 aliphatic rings. The molecule has 1 aromatic rings. The summed E-state index contributed by atoms with van der Waals surface area (Å²) >= 11 is 5.14. The molecule has 0 saturated heterocycles. The summed E-state index contributed by atoms with van der Waals surface area (Å²) in [7, 11) is 1.78. The van der Waals surface area contributed by atoms with E-state index in [9.17, 15) is 0 Å². The molecule has 12 heavy (non-hydrogen) atoms. The van der Waals surface area contributed by atoms with Crippen LogP contribution in [0.15, 0.2) is 9.98 Å². The van der Waals surface area contributed by atoms with E-state index in [2.05, 4.69) is 20.9 Å². The van der Waals surface area contributed by atoms with E-state index < -0.39 is 0 Å². The van der Waals surface area contributed by atoms with Crippen LogP contribution < -0.4 is 0 Å². The molecule has 66 valence electrons. The Morgan fingerprint density at radius 3 is 2.92 bits per heavy atom.